The molecule has 116 valence electrons. The van der Waals surface area contributed by atoms with E-state index < -0.39 is 10.0 Å². The molecule has 0 aliphatic carbocycles. The monoisotopic (exact) mass is 316 g/mol. The second kappa shape index (κ2) is 6.75. The lowest BCUT2D eigenvalue weighted by Gasteiger charge is -2.05. The summed E-state index contributed by atoms with van der Waals surface area (Å²) in [5.41, 5.74) is 3.08. The Morgan fingerprint density at radius 3 is 2.14 bits per heavy atom. The maximum absolute atomic E-state index is 12.1. The number of nitrogens with one attached hydrogen (secondary N) is 1. The van der Waals surface area contributed by atoms with Gasteiger partial charge in [-0.25, -0.2) is 4.83 Å². The highest BCUT2D eigenvalue weighted by atomic mass is 32.2. The Kier molecular flexibility index (Phi) is 4.98. The van der Waals surface area contributed by atoms with Gasteiger partial charge in [0.15, 0.2) is 0 Å². The fourth-order valence-corrected chi connectivity index (χ4v) is 2.70. The van der Waals surface area contributed by atoms with Gasteiger partial charge in [-0.15, -0.1) is 0 Å². The van der Waals surface area contributed by atoms with Gasteiger partial charge in [-0.3, -0.25) is 0 Å². The number of aryl methyl sites for hydroxylation is 1. The van der Waals surface area contributed by atoms with Crippen LogP contribution in [0.2, 0.25) is 0 Å². The molecule has 5 heteroatoms. The Bertz CT molecular complexity index is 746. The van der Waals surface area contributed by atoms with Crippen molar-refractivity contribution in [2.75, 3.05) is 0 Å². The summed E-state index contributed by atoms with van der Waals surface area (Å²) < 4.78 is 24.1. The molecule has 0 amide bonds. The number of nitrogens with zero attached hydrogens (tertiary/aromatic N) is 1. The lowest BCUT2D eigenvalue weighted by atomic mass is 10.0. The van der Waals surface area contributed by atoms with Gasteiger partial charge in [-0.2, -0.15) is 13.5 Å². The summed E-state index contributed by atoms with van der Waals surface area (Å²) in [5, 5.41) is 3.82. The molecule has 0 spiro atoms. The molecular weight excluding hydrogens is 296 g/mol. The summed E-state index contributed by atoms with van der Waals surface area (Å²) in [6.07, 6.45) is 1.50. The maximum atomic E-state index is 12.1. The number of hydrogen-bond donors (Lipinski definition) is 1. The van der Waals surface area contributed by atoms with Gasteiger partial charge in [-0.1, -0.05) is 55.8 Å². The van der Waals surface area contributed by atoms with Gasteiger partial charge in [0.05, 0.1) is 11.1 Å². The zero-order chi connectivity index (χ0) is 16.2. The van der Waals surface area contributed by atoms with E-state index in [1.54, 1.807) is 24.3 Å². The fraction of sp³-hybridized carbons (Fsp3) is 0.235. The number of hydrogen-bond acceptors (Lipinski definition) is 3. The summed E-state index contributed by atoms with van der Waals surface area (Å²) in [5.74, 6) is 0.464. The van der Waals surface area contributed by atoms with E-state index in [1.807, 2.05) is 31.2 Å². The molecule has 2 aromatic carbocycles. The third-order valence-corrected chi connectivity index (χ3v) is 4.56. The van der Waals surface area contributed by atoms with Crippen molar-refractivity contribution in [3.63, 3.8) is 0 Å². The smallest absolute Gasteiger partial charge is 0.200 e. The van der Waals surface area contributed by atoms with Crippen molar-refractivity contribution in [2.45, 2.75) is 31.6 Å². The Morgan fingerprint density at radius 2 is 1.59 bits per heavy atom. The molecule has 0 bridgehead atoms. The van der Waals surface area contributed by atoms with Gasteiger partial charge in [0.1, 0.15) is 0 Å². The van der Waals surface area contributed by atoms with Gasteiger partial charge in [-0.05, 0) is 36.1 Å². The fourth-order valence-electron chi connectivity index (χ4n) is 1.91. The van der Waals surface area contributed by atoms with Crippen molar-refractivity contribution in [3.8, 4) is 0 Å². The number of hydrazone groups is 1. The summed E-state index contributed by atoms with van der Waals surface area (Å²) >= 11 is 0. The molecule has 0 saturated carbocycles. The highest BCUT2D eigenvalue weighted by Crippen LogP contribution is 2.14. The molecule has 0 unspecified atom stereocenters. The van der Waals surface area contributed by atoms with Crippen molar-refractivity contribution in [3.05, 3.63) is 65.2 Å². The number of sulfonamides is 1. The minimum absolute atomic E-state index is 0.199. The number of rotatable bonds is 5. The first-order valence-electron chi connectivity index (χ1n) is 7.10. The van der Waals surface area contributed by atoms with E-state index in [0.29, 0.717) is 5.92 Å². The molecule has 0 aliphatic heterocycles. The highest BCUT2D eigenvalue weighted by molar-refractivity contribution is 7.89. The SMILES string of the molecule is Cc1ccc(S(=O)(=O)N/N=C/c2ccc(C(C)C)cc2)cc1. The summed E-state index contributed by atoms with van der Waals surface area (Å²) in [4.78, 5) is 2.42. The van der Waals surface area contributed by atoms with Crippen molar-refractivity contribution in [1.82, 2.24) is 4.83 Å². The molecule has 0 atom stereocenters. The first-order valence-corrected chi connectivity index (χ1v) is 8.58. The quantitative estimate of drug-likeness (QED) is 0.678. The first-order chi connectivity index (χ1) is 10.4. The standard InChI is InChI=1S/C17H20N2O2S/c1-13(2)16-8-6-15(7-9-16)12-18-19-22(20,21)17-10-4-14(3)5-11-17/h4-13,19H,1-3H3/b18-12+. The van der Waals surface area contributed by atoms with Crippen LogP contribution in [0.4, 0.5) is 0 Å². The maximum Gasteiger partial charge on any atom is 0.276 e. The van der Waals surface area contributed by atoms with Crippen molar-refractivity contribution in [2.24, 2.45) is 5.10 Å². The summed E-state index contributed by atoms with van der Waals surface area (Å²) in [6.45, 7) is 6.15. The molecule has 0 fully saturated rings. The molecule has 0 aromatic heterocycles. The molecule has 0 saturated heterocycles. The molecule has 0 heterocycles. The van der Waals surface area contributed by atoms with E-state index in [1.165, 1.54) is 11.8 Å². The largest absolute Gasteiger partial charge is 0.276 e. The van der Waals surface area contributed by atoms with Crippen molar-refractivity contribution in [1.29, 1.82) is 0 Å². The third-order valence-electron chi connectivity index (χ3n) is 3.32. The van der Waals surface area contributed by atoms with Gasteiger partial charge < -0.3 is 0 Å². The van der Waals surface area contributed by atoms with E-state index in [2.05, 4.69) is 23.8 Å². The minimum Gasteiger partial charge on any atom is -0.200 e. The van der Waals surface area contributed by atoms with Crippen LogP contribution in [0, 0.1) is 6.92 Å². The van der Waals surface area contributed by atoms with Crippen molar-refractivity contribution < 1.29 is 8.42 Å². The Labute approximate surface area is 131 Å². The van der Waals surface area contributed by atoms with E-state index in [0.717, 1.165) is 11.1 Å². The highest BCUT2D eigenvalue weighted by Gasteiger charge is 2.11. The zero-order valence-electron chi connectivity index (χ0n) is 12.9. The van der Waals surface area contributed by atoms with Gasteiger partial charge >= 0.3 is 0 Å². The summed E-state index contributed by atoms with van der Waals surface area (Å²) in [6, 6.07) is 14.5. The first kappa shape index (κ1) is 16.2. The van der Waals surface area contributed by atoms with E-state index in [-0.39, 0.29) is 4.90 Å². The molecule has 2 rings (SSSR count). The molecule has 22 heavy (non-hydrogen) atoms. The molecule has 4 nitrogen and oxygen atoms in total. The molecule has 1 N–H and O–H groups in total. The Hall–Kier alpha value is -2.14. The van der Waals surface area contributed by atoms with Gasteiger partial charge in [0.2, 0.25) is 0 Å². The number of benzene rings is 2. The summed E-state index contributed by atoms with van der Waals surface area (Å²) in [7, 11) is -3.62. The lowest BCUT2D eigenvalue weighted by molar-refractivity contribution is 0.584. The van der Waals surface area contributed by atoms with E-state index in [9.17, 15) is 8.42 Å². The Morgan fingerprint density at radius 1 is 1.00 bits per heavy atom. The van der Waals surface area contributed by atoms with E-state index in [4.69, 9.17) is 0 Å². The molecule has 0 aliphatic rings. The Balaban J connectivity index is 2.06. The molecule has 2 aromatic rings. The average molecular weight is 316 g/mol. The predicted molar refractivity (Wildman–Crippen MR) is 89.6 cm³/mol. The van der Waals surface area contributed by atoms with Crippen LogP contribution in [0.15, 0.2) is 58.5 Å². The van der Waals surface area contributed by atoms with Crippen LogP contribution in [-0.4, -0.2) is 14.6 Å². The van der Waals surface area contributed by atoms with Crippen LogP contribution in [-0.2, 0) is 10.0 Å². The normalized spacial score (nSPS) is 12.0. The average Bonchev–Trinajstić information content (AvgIpc) is 2.48. The lowest BCUT2D eigenvalue weighted by Crippen LogP contribution is -2.18. The van der Waals surface area contributed by atoms with Gasteiger partial charge in [0.25, 0.3) is 10.0 Å². The predicted octanol–water partition coefficient (Wildman–Crippen LogP) is 3.43. The van der Waals surface area contributed by atoms with Crippen LogP contribution < -0.4 is 4.83 Å². The van der Waals surface area contributed by atoms with Crippen LogP contribution in [0.1, 0.15) is 36.5 Å². The molecule has 0 radical (unpaired) electrons. The topological polar surface area (TPSA) is 58.5 Å². The molecular formula is C17H20N2O2S. The second-order valence-electron chi connectivity index (χ2n) is 5.49. The van der Waals surface area contributed by atoms with Crippen LogP contribution in [0.25, 0.3) is 0 Å². The van der Waals surface area contributed by atoms with E-state index >= 15 is 0 Å². The minimum atomic E-state index is -3.62. The third kappa shape index (κ3) is 4.18. The van der Waals surface area contributed by atoms with Crippen LogP contribution in [0.3, 0.4) is 0 Å². The van der Waals surface area contributed by atoms with Crippen LogP contribution >= 0.6 is 0 Å². The second-order valence-corrected chi connectivity index (χ2v) is 7.15. The zero-order valence-corrected chi connectivity index (χ0v) is 13.8. The van der Waals surface area contributed by atoms with Gasteiger partial charge in [0, 0.05) is 0 Å². The van der Waals surface area contributed by atoms with Crippen molar-refractivity contribution >= 4 is 16.2 Å². The van der Waals surface area contributed by atoms with Crippen LogP contribution in [0.5, 0.6) is 0 Å².